The van der Waals surface area contributed by atoms with Crippen molar-refractivity contribution >= 4 is 5.97 Å². The molecule has 3 heteroatoms. The fourth-order valence-corrected chi connectivity index (χ4v) is 1.06. The number of carboxylic acid groups (broad SMARTS) is 1. The van der Waals surface area contributed by atoms with Gasteiger partial charge in [0.15, 0.2) is 0 Å². The predicted molar refractivity (Wildman–Crippen MR) is 48.8 cm³/mol. The third-order valence-corrected chi connectivity index (χ3v) is 1.96. The number of methoxy groups -OCH3 is 1. The van der Waals surface area contributed by atoms with Crippen molar-refractivity contribution in [3.8, 4) is 0 Å². The molecule has 0 radical (unpaired) electrons. The maximum Gasteiger partial charge on any atom is 0.335 e. The number of carbonyl (C=O) groups is 1. The molecule has 0 saturated carbocycles. The smallest absolute Gasteiger partial charge is 0.335 e. The number of hydrogen-bond donors (Lipinski definition) is 1. The Morgan fingerprint density at radius 1 is 1.54 bits per heavy atom. The lowest BCUT2D eigenvalue weighted by Crippen LogP contribution is -2.00. The fraction of sp³-hybridized carbons (Fsp3) is 0.300. The second kappa shape index (κ2) is 4.05. The zero-order chi connectivity index (χ0) is 9.84. The molecule has 0 aromatic heterocycles. The van der Waals surface area contributed by atoms with Gasteiger partial charge in [-0.05, 0) is 24.6 Å². The number of hydrogen-bond acceptors (Lipinski definition) is 2. The Labute approximate surface area is 77.0 Å². The van der Waals surface area contributed by atoms with E-state index >= 15 is 0 Å². The van der Waals surface area contributed by atoms with Crippen LogP contribution < -0.4 is 0 Å². The maximum absolute atomic E-state index is 10.6. The van der Waals surface area contributed by atoms with Crippen molar-refractivity contribution in [3.05, 3.63) is 35.4 Å². The van der Waals surface area contributed by atoms with Gasteiger partial charge in [-0.25, -0.2) is 4.79 Å². The lowest BCUT2D eigenvalue weighted by Gasteiger charge is -2.09. The maximum atomic E-state index is 10.6. The lowest BCUT2D eigenvalue weighted by atomic mass is 10.1. The highest BCUT2D eigenvalue weighted by atomic mass is 16.5. The molecule has 1 aromatic carbocycles. The van der Waals surface area contributed by atoms with Crippen LogP contribution in [0.5, 0.6) is 0 Å². The van der Waals surface area contributed by atoms with E-state index in [4.69, 9.17) is 9.84 Å². The zero-order valence-corrected chi connectivity index (χ0v) is 7.65. The summed E-state index contributed by atoms with van der Waals surface area (Å²) in [5, 5.41) is 8.72. The van der Waals surface area contributed by atoms with Crippen LogP contribution in [0.4, 0.5) is 0 Å². The lowest BCUT2D eigenvalue weighted by molar-refractivity contribution is 0.0696. The first-order chi connectivity index (χ1) is 6.15. The molecule has 0 aliphatic carbocycles. The van der Waals surface area contributed by atoms with Crippen molar-refractivity contribution in [2.75, 3.05) is 7.11 Å². The molecule has 1 N–H and O–H groups in total. The van der Waals surface area contributed by atoms with Crippen molar-refractivity contribution in [1.29, 1.82) is 0 Å². The van der Waals surface area contributed by atoms with Crippen molar-refractivity contribution in [1.82, 2.24) is 0 Å². The number of ether oxygens (including phenoxy) is 1. The van der Waals surface area contributed by atoms with Gasteiger partial charge in [0, 0.05) is 7.11 Å². The molecule has 0 saturated heterocycles. The van der Waals surface area contributed by atoms with E-state index in [1.165, 1.54) is 0 Å². The fourth-order valence-electron chi connectivity index (χ4n) is 1.06. The van der Waals surface area contributed by atoms with Crippen LogP contribution in [0.2, 0.25) is 0 Å². The van der Waals surface area contributed by atoms with Crippen LogP contribution in [0.1, 0.15) is 28.9 Å². The van der Waals surface area contributed by atoms with Crippen LogP contribution >= 0.6 is 0 Å². The molecule has 1 aromatic rings. The Morgan fingerprint density at radius 3 is 2.77 bits per heavy atom. The van der Waals surface area contributed by atoms with Gasteiger partial charge in [-0.15, -0.1) is 0 Å². The largest absolute Gasteiger partial charge is 0.478 e. The van der Waals surface area contributed by atoms with Crippen LogP contribution in [0.15, 0.2) is 24.3 Å². The van der Waals surface area contributed by atoms with E-state index < -0.39 is 5.97 Å². The van der Waals surface area contributed by atoms with E-state index in [2.05, 4.69) is 0 Å². The van der Waals surface area contributed by atoms with E-state index in [9.17, 15) is 4.79 Å². The van der Waals surface area contributed by atoms with Gasteiger partial charge in [-0.2, -0.15) is 0 Å². The SMILES string of the molecule is COC(C)c1cccc(C(=O)O)c1. The van der Waals surface area contributed by atoms with Gasteiger partial charge in [0.25, 0.3) is 0 Å². The minimum atomic E-state index is -0.912. The molecule has 70 valence electrons. The Kier molecular flexibility index (Phi) is 3.03. The van der Waals surface area contributed by atoms with Gasteiger partial charge in [0.05, 0.1) is 11.7 Å². The Morgan fingerprint density at radius 2 is 2.23 bits per heavy atom. The first-order valence-corrected chi connectivity index (χ1v) is 4.01. The Bertz CT molecular complexity index is 307. The van der Waals surface area contributed by atoms with E-state index in [0.29, 0.717) is 5.56 Å². The minimum absolute atomic E-state index is 0.0701. The monoisotopic (exact) mass is 180 g/mol. The predicted octanol–water partition coefficient (Wildman–Crippen LogP) is 2.09. The number of aromatic carboxylic acids is 1. The third kappa shape index (κ3) is 2.29. The highest BCUT2D eigenvalue weighted by Gasteiger charge is 2.07. The van der Waals surface area contributed by atoms with E-state index in [0.717, 1.165) is 5.56 Å². The molecule has 1 unspecified atom stereocenters. The van der Waals surface area contributed by atoms with E-state index in [1.807, 2.05) is 13.0 Å². The van der Waals surface area contributed by atoms with E-state index in [-0.39, 0.29) is 6.10 Å². The Hall–Kier alpha value is -1.35. The van der Waals surface area contributed by atoms with Gasteiger partial charge >= 0.3 is 5.97 Å². The summed E-state index contributed by atoms with van der Waals surface area (Å²) in [6.07, 6.45) is -0.0701. The molecule has 0 spiro atoms. The zero-order valence-electron chi connectivity index (χ0n) is 7.65. The number of benzene rings is 1. The van der Waals surface area contributed by atoms with Crippen LogP contribution in [0.3, 0.4) is 0 Å². The molecule has 3 nitrogen and oxygen atoms in total. The van der Waals surface area contributed by atoms with Crippen molar-refractivity contribution < 1.29 is 14.6 Å². The molecule has 1 rings (SSSR count). The second-order valence-corrected chi connectivity index (χ2v) is 2.81. The summed E-state index contributed by atoms with van der Waals surface area (Å²) in [7, 11) is 1.60. The summed E-state index contributed by atoms with van der Waals surface area (Å²) in [4.78, 5) is 10.6. The molecule has 0 bridgehead atoms. The third-order valence-electron chi connectivity index (χ3n) is 1.96. The second-order valence-electron chi connectivity index (χ2n) is 2.81. The highest BCUT2D eigenvalue weighted by Crippen LogP contribution is 2.16. The average Bonchev–Trinajstić information content (AvgIpc) is 2.17. The van der Waals surface area contributed by atoms with Crippen molar-refractivity contribution in [3.63, 3.8) is 0 Å². The molecule has 1 atom stereocenters. The molecule has 0 heterocycles. The molecule has 0 aliphatic rings. The first kappa shape index (κ1) is 9.74. The van der Waals surface area contributed by atoms with Gasteiger partial charge in [0.2, 0.25) is 0 Å². The van der Waals surface area contributed by atoms with Crippen LogP contribution in [0.25, 0.3) is 0 Å². The van der Waals surface area contributed by atoms with Crippen LogP contribution in [0, 0.1) is 0 Å². The quantitative estimate of drug-likeness (QED) is 0.774. The summed E-state index contributed by atoms with van der Waals surface area (Å²) in [5.41, 5.74) is 1.17. The molecular formula is C10H12O3. The number of carboxylic acids is 1. The molecular weight excluding hydrogens is 168 g/mol. The van der Waals surface area contributed by atoms with Crippen molar-refractivity contribution in [2.24, 2.45) is 0 Å². The highest BCUT2D eigenvalue weighted by molar-refractivity contribution is 5.87. The molecule has 0 fully saturated rings. The molecule has 0 amide bonds. The average molecular weight is 180 g/mol. The van der Waals surface area contributed by atoms with Crippen molar-refractivity contribution in [2.45, 2.75) is 13.0 Å². The Balaban J connectivity index is 2.98. The molecule has 13 heavy (non-hydrogen) atoms. The van der Waals surface area contributed by atoms with Gasteiger partial charge < -0.3 is 9.84 Å². The summed E-state index contributed by atoms with van der Waals surface area (Å²) in [5.74, 6) is -0.912. The summed E-state index contributed by atoms with van der Waals surface area (Å²) < 4.78 is 5.08. The first-order valence-electron chi connectivity index (χ1n) is 4.01. The normalized spacial score (nSPS) is 12.5. The van der Waals surface area contributed by atoms with E-state index in [1.54, 1.807) is 25.3 Å². The number of rotatable bonds is 3. The molecule has 0 aliphatic heterocycles. The summed E-state index contributed by atoms with van der Waals surface area (Å²) in [6, 6.07) is 6.75. The minimum Gasteiger partial charge on any atom is -0.478 e. The standard InChI is InChI=1S/C10H12O3/c1-7(13-2)8-4-3-5-9(6-8)10(11)12/h3-7H,1-2H3,(H,11,12). The van der Waals surface area contributed by atoms with Gasteiger partial charge in [0.1, 0.15) is 0 Å². The van der Waals surface area contributed by atoms with Gasteiger partial charge in [-0.3, -0.25) is 0 Å². The summed E-state index contributed by atoms with van der Waals surface area (Å²) in [6.45, 7) is 1.88. The summed E-state index contributed by atoms with van der Waals surface area (Å²) >= 11 is 0. The van der Waals surface area contributed by atoms with Gasteiger partial charge in [-0.1, -0.05) is 12.1 Å². The van der Waals surface area contributed by atoms with Crippen LogP contribution in [-0.4, -0.2) is 18.2 Å². The topological polar surface area (TPSA) is 46.5 Å². The van der Waals surface area contributed by atoms with Crippen LogP contribution in [-0.2, 0) is 4.74 Å².